The van der Waals surface area contributed by atoms with E-state index in [4.69, 9.17) is 0 Å². The highest BCUT2D eigenvalue weighted by atomic mass is 15.4. The Bertz CT molecular complexity index is 477. The van der Waals surface area contributed by atoms with Crippen LogP contribution in [0.5, 0.6) is 0 Å². The van der Waals surface area contributed by atoms with E-state index in [0.29, 0.717) is 0 Å². The summed E-state index contributed by atoms with van der Waals surface area (Å²) >= 11 is 0. The van der Waals surface area contributed by atoms with Crippen LogP contribution in [0, 0.1) is 0 Å². The molecule has 0 fully saturated rings. The zero-order valence-corrected chi connectivity index (χ0v) is 7.88. The fourth-order valence-electron chi connectivity index (χ4n) is 2.02. The van der Waals surface area contributed by atoms with Crippen LogP contribution < -0.4 is 10.9 Å². The Morgan fingerprint density at radius 3 is 2.93 bits per heavy atom. The van der Waals surface area contributed by atoms with Gasteiger partial charge in [0.05, 0.1) is 5.69 Å². The van der Waals surface area contributed by atoms with E-state index >= 15 is 0 Å². The number of nitrogens with one attached hydrogen (secondary N) is 2. The molecule has 1 aliphatic heterocycles. The van der Waals surface area contributed by atoms with Crippen molar-refractivity contribution < 1.29 is 0 Å². The molecular formula is C12H12N2. The molecule has 0 spiro atoms. The van der Waals surface area contributed by atoms with Crippen LogP contribution in [0.2, 0.25) is 0 Å². The second-order valence-corrected chi connectivity index (χ2v) is 3.62. The van der Waals surface area contributed by atoms with Crippen molar-refractivity contribution in [2.75, 3.05) is 12.0 Å². The van der Waals surface area contributed by atoms with Crippen molar-refractivity contribution >= 4 is 16.5 Å². The Morgan fingerprint density at radius 1 is 1.00 bits per heavy atom. The van der Waals surface area contributed by atoms with Crippen LogP contribution >= 0.6 is 0 Å². The molecule has 0 aromatic heterocycles. The van der Waals surface area contributed by atoms with Crippen molar-refractivity contribution in [1.82, 2.24) is 5.43 Å². The highest BCUT2D eigenvalue weighted by Gasteiger charge is 2.10. The van der Waals surface area contributed by atoms with Crippen LogP contribution in [-0.4, -0.2) is 6.54 Å². The maximum atomic E-state index is 3.26. The normalized spacial score (nSPS) is 14.9. The molecule has 2 N–H and O–H groups in total. The van der Waals surface area contributed by atoms with E-state index in [1.807, 2.05) is 0 Å². The minimum absolute atomic E-state index is 1.01. The van der Waals surface area contributed by atoms with E-state index in [9.17, 15) is 0 Å². The summed E-state index contributed by atoms with van der Waals surface area (Å²) in [7, 11) is 0. The van der Waals surface area contributed by atoms with Crippen LogP contribution in [0.3, 0.4) is 0 Å². The van der Waals surface area contributed by atoms with E-state index < -0.39 is 0 Å². The maximum Gasteiger partial charge on any atom is 0.0598 e. The van der Waals surface area contributed by atoms with Crippen molar-refractivity contribution in [2.24, 2.45) is 0 Å². The van der Waals surface area contributed by atoms with Gasteiger partial charge in [-0.05, 0) is 17.4 Å². The average molecular weight is 184 g/mol. The van der Waals surface area contributed by atoms with Crippen LogP contribution in [0.15, 0.2) is 36.4 Å². The molecule has 1 aliphatic rings. The van der Waals surface area contributed by atoms with Crippen LogP contribution in [0.4, 0.5) is 5.69 Å². The van der Waals surface area contributed by atoms with E-state index in [2.05, 4.69) is 47.2 Å². The molecule has 0 amide bonds. The van der Waals surface area contributed by atoms with Crippen LogP contribution in [-0.2, 0) is 6.42 Å². The summed E-state index contributed by atoms with van der Waals surface area (Å²) < 4.78 is 0. The van der Waals surface area contributed by atoms with Gasteiger partial charge < -0.3 is 5.43 Å². The Kier molecular flexibility index (Phi) is 1.67. The lowest BCUT2D eigenvalue weighted by molar-refractivity contribution is 0.750. The second kappa shape index (κ2) is 3.00. The fraction of sp³-hybridized carbons (Fsp3) is 0.167. The molecule has 0 unspecified atom stereocenters. The molecule has 0 saturated heterocycles. The molecule has 1 heterocycles. The van der Waals surface area contributed by atoms with Gasteiger partial charge >= 0.3 is 0 Å². The molecule has 0 radical (unpaired) electrons. The first-order valence-corrected chi connectivity index (χ1v) is 4.95. The van der Waals surface area contributed by atoms with Gasteiger partial charge in [-0.25, -0.2) is 5.43 Å². The number of hydrogen-bond donors (Lipinski definition) is 2. The molecule has 0 aliphatic carbocycles. The molecule has 0 atom stereocenters. The van der Waals surface area contributed by atoms with Crippen molar-refractivity contribution in [3.05, 3.63) is 42.0 Å². The Morgan fingerprint density at radius 2 is 1.93 bits per heavy atom. The standard InChI is InChI=1S/C12H12N2/c1-2-4-11-9(3-1)5-6-10-7-8-13-14-12(10)11/h1-6,13-14H,7-8H2. The zero-order valence-electron chi connectivity index (χ0n) is 7.88. The molecule has 14 heavy (non-hydrogen) atoms. The van der Waals surface area contributed by atoms with Gasteiger partial charge in [0, 0.05) is 11.9 Å². The van der Waals surface area contributed by atoms with Gasteiger partial charge in [0.1, 0.15) is 0 Å². The van der Waals surface area contributed by atoms with Crippen molar-refractivity contribution in [1.29, 1.82) is 0 Å². The van der Waals surface area contributed by atoms with Crippen molar-refractivity contribution in [2.45, 2.75) is 6.42 Å². The van der Waals surface area contributed by atoms with Crippen molar-refractivity contribution in [3.8, 4) is 0 Å². The first-order chi connectivity index (χ1) is 6.95. The summed E-state index contributed by atoms with van der Waals surface area (Å²) in [6, 6.07) is 12.9. The highest BCUT2D eigenvalue weighted by Crippen LogP contribution is 2.28. The lowest BCUT2D eigenvalue weighted by Gasteiger charge is -2.20. The van der Waals surface area contributed by atoms with E-state index in [0.717, 1.165) is 13.0 Å². The number of hydrazine groups is 1. The van der Waals surface area contributed by atoms with E-state index in [1.165, 1.54) is 22.0 Å². The van der Waals surface area contributed by atoms with Crippen molar-refractivity contribution in [3.63, 3.8) is 0 Å². The lowest BCUT2D eigenvalue weighted by atomic mass is 10.0. The minimum Gasteiger partial charge on any atom is -0.321 e. The third-order valence-corrected chi connectivity index (χ3v) is 2.75. The lowest BCUT2D eigenvalue weighted by Crippen LogP contribution is -2.29. The third-order valence-electron chi connectivity index (χ3n) is 2.75. The largest absolute Gasteiger partial charge is 0.321 e. The number of benzene rings is 2. The summed E-state index contributed by atoms with van der Waals surface area (Å²) in [5, 5.41) is 2.60. The number of rotatable bonds is 0. The smallest absolute Gasteiger partial charge is 0.0598 e. The Hall–Kier alpha value is -1.54. The molecule has 2 nitrogen and oxygen atoms in total. The topological polar surface area (TPSA) is 24.1 Å². The SMILES string of the molecule is c1ccc2c3c(ccc2c1)CCNN3. The third kappa shape index (κ3) is 1.08. The monoisotopic (exact) mass is 184 g/mol. The molecule has 0 saturated carbocycles. The number of fused-ring (bicyclic) bond motifs is 3. The van der Waals surface area contributed by atoms with Gasteiger partial charge in [0.2, 0.25) is 0 Å². The molecule has 70 valence electrons. The molecule has 2 aromatic rings. The van der Waals surface area contributed by atoms with Gasteiger partial charge in [-0.15, -0.1) is 0 Å². The summed E-state index contributed by atoms with van der Waals surface area (Å²) in [5.41, 5.74) is 9.09. The van der Waals surface area contributed by atoms with Gasteiger partial charge in [0.15, 0.2) is 0 Å². The first kappa shape index (κ1) is 7.83. The second-order valence-electron chi connectivity index (χ2n) is 3.62. The van der Waals surface area contributed by atoms with Crippen LogP contribution in [0.1, 0.15) is 5.56 Å². The molecule has 0 bridgehead atoms. The number of hydrogen-bond acceptors (Lipinski definition) is 2. The Balaban J connectivity index is 2.34. The van der Waals surface area contributed by atoms with E-state index in [1.54, 1.807) is 0 Å². The quantitative estimate of drug-likeness (QED) is 0.656. The molecule has 3 rings (SSSR count). The first-order valence-electron chi connectivity index (χ1n) is 4.95. The fourth-order valence-corrected chi connectivity index (χ4v) is 2.02. The molecule has 2 aromatic carbocycles. The van der Waals surface area contributed by atoms with Gasteiger partial charge in [-0.2, -0.15) is 0 Å². The van der Waals surface area contributed by atoms with Gasteiger partial charge in [0.25, 0.3) is 0 Å². The highest BCUT2D eigenvalue weighted by molar-refractivity contribution is 5.95. The predicted molar refractivity (Wildman–Crippen MR) is 59.3 cm³/mol. The Labute approximate surface area is 82.9 Å². The molecule has 2 heteroatoms. The summed E-state index contributed by atoms with van der Waals surface area (Å²) in [5.74, 6) is 0. The molecular weight excluding hydrogens is 172 g/mol. The summed E-state index contributed by atoms with van der Waals surface area (Å²) in [6.07, 6.45) is 1.10. The van der Waals surface area contributed by atoms with Crippen LogP contribution in [0.25, 0.3) is 10.8 Å². The van der Waals surface area contributed by atoms with Gasteiger partial charge in [-0.1, -0.05) is 36.4 Å². The average Bonchev–Trinajstić information content (AvgIpc) is 2.29. The van der Waals surface area contributed by atoms with E-state index in [-0.39, 0.29) is 0 Å². The zero-order chi connectivity index (χ0) is 9.38. The minimum atomic E-state index is 1.01. The predicted octanol–water partition coefficient (Wildman–Crippen LogP) is 2.31. The van der Waals surface area contributed by atoms with Gasteiger partial charge in [-0.3, -0.25) is 0 Å². The maximum absolute atomic E-state index is 3.26. The number of anilines is 1. The summed E-state index contributed by atoms with van der Waals surface area (Å²) in [6.45, 7) is 1.01. The summed E-state index contributed by atoms with van der Waals surface area (Å²) in [4.78, 5) is 0.